The van der Waals surface area contributed by atoms with E-state index in [1.165, 1.54) is 23.0 Å². The van der Waals surface area contributed by atoms with Crippen LogP contribution >= 0.6 is 11.8 Å². The molecule has 2 aromatic rings. The molecule has 0 aromatic heterocycles. The Kier molecular flexibility index (Phi) is 6.79. The fourth-order valence-corrected chi connectivity index (χ4v) is 5.36. The van der Waals surface area contributed by atoms with Crippen molar-refractivity contribution < 1.29 is 9.53 Å². The number of fused-ring (bicyclic) bond motifs is 1. The molecule has 33 heavy (non-hydrogen) atoms. The average molecular weight is 465 g/mol. The van der Waals surface area contributed by atoms with Crippen LogP contribution in [0.15, 0.2) is 52.6 Å². The maximum Gasteiger partial charge on any atom is 0.302 e. The zero-order chi connectivity index (χ0) is 23.6. The van der Waals surface area contributed by atoms with Gasteiger partial charge in [-0.3, -0.25) is 9.79 Å². The summed E-state index contributed by atoms with van der Waals surface area (Å²) < 4.78 is 4.96. The second-order valence-electron chi connectivity index (χ2n) is 8.67. The van der Waals surface area contributed by atoms with E-state index in [2.05, 4.69) is 56.0 Å². The first-order chi connectivity index (χ1) is 15.9. The molecule has 174 valence electrons. The molecule has 2 aromatic carbocycles. The van der Waals surface area contributed by atoms with Gasteiger partial charge in [0.05, 0.1) is 17.6 Å². The van der Waals surface area contributed by atoms with Crippen molar-refractivity contribution in [1.82, 2.24) is 5.01 Å². The summed E-state index contributed by atoms with van der Waals surface area (Å²) in [5.41, 5.74) is 5.60. The molecule has 0 saturated carbocycles. The minimum absolute atomic E-state index is 0.00953. The van der Waals surface area contributed by atoms with Gasteiger partial charge >= 0.3 is 5.24 Å². The van der Waals surface area contributed by atoms with Crippen molar-refractivity contribution in [2.75, 3.05) is 31.6 Å². The molecule has 0 N–H and O–H groups in total. The molecule has 0 saturated heterocycles. The molecule has 0 fully saturated rings. The first-order valence-corrected chi connectivity index (χ1v) is 12.4. The van der Waals surface area contributed by atoms with Crippen molar-refractivity contribution in [2.24, 2.45) is 10.1 Å². The van der Waals surface area contributed by atoms with Gasteiger partial charge in [0.25, 0.3) is 0 Å². The number of carbonyl (C=O) groups excluding carboxylic acids is 1. The Balaban J connectivity index is 1.72. The van der Waals surface area contributed by atoms with Crippen molar-refractivity contribution in [2.45, 2.75) is 45.3 Å². The van der Waals surface area contributed by atoms with Crippen LogP contribution in [0.4, 0.5) is 10.5 Å². The van der Waals surface area contributed by atoms with Crippen molar-refractivity contribution in [1.29, 1.82) is 0 Å². The molecule has 0 aliphatic carbocycles. The first-order valence-electron chi connectivity index (χ1n) is 11.6. The number of rotatable bonds is 5. The predicted molar refractivity (Wildman–Crippen MR) is 138 cm³/mol. The number of hydrogen-bond donors (Lipinski definition) is 0. The number of anilines is 1. The van der Waals surface area contributed by atoms with Gasteiger partial charge in [-0.05, 0) is 88.1 Å². The molecule has 0 spiro atoms. The Bertz CT molecular complexity index is 1090. The number of amidine groups is 1. The summed E-state index contributed by atoms with van der Waals surface area (Å²) in [4.78, 5) is 19.6. The number of aliphatic imine (C=N–C) groups is 1. The molecule has 2 aliphatic heterocycles. The highest BCUT2D eigenvalue weighted by Gasteiger charge is 2.37. The van der Waals surface area contributed by atoms with Crippen LogP contribution in [0.25, 0.3) is 0 Å². The number of ether oxygens (including phenoxy) is 1. The number of hydrogen-bond acceptors (Lipinski definition) is 5. The summed E-state index contributed by atoms with van der Waals surface area (Å²) in [6.45, 7) is 10.4. The number of thioether (sulfide) groups is 1. The van der Waals surface area contributed by atoms with Crippen LogP contribution in [-0.2, 0) is 6.42 Å². The third-order valence-corrected chi connectivity index (χ3v) is 7.12. The van der Waals surface area contributed by atoms with E-state index in [1.54, 1.807) is 12.1 Å². The molecule has 0 bridgehead atoms. The van der Waals surface area contributed by atoms with Crippen LogP contribution in [0, 0.1) is 0 Å². The van der Waals surface area contributed by atoms with Gasteiger partial charge in [-0.15, -0.1) is 0 Å². The van der Waals surface area contributed by atoms with E-state index in [0.29, 0.717) is 13.1 Å². The third kappa shape index (κ3) is 4.64. The molecular weight excluding hydrogens is 432 g/mol. The number of aryl methyl sites for hydroxylation is 1. The topological polar surface area (TPSA) is 57.5 Å². The van der Waals surface area contributed by atoms with Crippen LogP contribution in [-0.4, -0.2) is 53.3 Å². The lowest BCUT2D eigenvalue weighted by atomic mass is 9.93. The maximum atomic E-state index is 12.4. The number of methoxy groups -OCH3 is 1. The molecule has 2 heterocycles. The molecule has 2 aliphatic rings. The van der Waals surface area contributed by atoms with Crippen molar-refractivity contribution in [3.8, 4) is 5.75 Å². The second kappa shape index (κ2) is 9.59. The summed E-state index contributed by atoms with van der Waals surface area (Å²) in [7, 11) is 1.68. The minimum Gasteiger partial charge on any atom is -0.497 e. The van der Waals surface area contributed by atoms with Gasteiger partial charge in [0.15, 0.2) is 0 Å². The van der Waals surface area contributed by atoms with Gasteiger partial charge in [-0.2, -0.15) is 5.10 Å². The summed E-state index contributed by atoms with van der Waals surface area (Å²) >= 11 is 1.35. The summed E-state index contributed by atoms with van der Waals surface area (Å²) in [5.74, 6) is 1.83. The molecule has 4 rings (SSSR count). The van der Waals surface area contributed by atoms with E-state index in [0.717, 1.165) is 47.8 Å². The van der Waals surface area contributed by atoms with Crippen LogP contribution in [0.5, 0.6) is 5.75 Å². The van der Waals surface area contributed by atoms with Gasteiger partial charge in [-0.1, -0.05) is 17.8 Å². The molecule has 0 radical (unpaired) electrons. The Morgan fingerprint density at radius 1 is 1.18 bits per heavy atom. The largest absolute Gasteiger partial charge is 0.497 e. The smallest absolute Gasteiger partial charge is 0.302 e. The van der Waals surface area contributed by atoms with Gasteiger partial charge in [-0.25, -0.2) is 5.01 Å². The van der Waals surface area contributed by atoms with Crippen LogP contribution < -0.4 is 9.64 Å². The molecule has 1 amide bonds. The quantitative estimate of drug-likeness (QED) is 0.428. The summed E-state index contributed by atoms with van der Waals surface area (Å²) in [6.07, 6.45) is 2.07. The number of nitrogens with zero attached hydrogens (tertiary/aromatic N) is 4. The van der Waals surface area contributed by atoms with Gasteiger partial charge < -0.3 is 9.64 Å². The Labute approximate surface area is 200 Å². The lowest BCUT2D eigenvalue weighted by Crippen LogP contribution is -2.41. The van der Waals surface area contributed by atoms with Gasteiger partial charge in [0.2, 0.25) is 0 Å². The molecule has 6 nitrogen and oxygen atoms in total. The van der Waals surface area contributed by atoms with Crippen LogP contribution in [0.1, 0.15) is 50.8 Å². The van der Waals surface area contributed by atoms with Crippen molar-refractivity contribution in [3.05, 3.63) is 59.2 Å². The van der Waals surface area contributed by atoms with E-state index in [-0.39, 0.29) is 9.99 Å². The minimum atomic E-state index is -0.372. The lowest BCUT2D eigenvalue weighted by molar-refractivity contribution is 0.226. The highest BCUT2D eigenvalue weighted by molar-refractivity contribution is 8.15. The number of amides is 1. The Morgan fingerprint density at radius 3 is 2.61 bits per heavy atom. The van der Waals surface area contributed by atoms with E-state index in [1.807, 2.05) is 19.1 Å². The zero-order valence-corrected chi connectivity index (χ0v) is 20.9. The number of carbonyl (C=O) groups is 1. The Morgan fingerprint density at radius 2 is 1.94 bits per heavy atom. The predicted octanol–water partition coefficient (Wildman–Crippen LogP) is 5.59. The molecule has 0 unspecified atom stereocenters. The lowest BCUT2D eigenvalue weighted by Gasteiger charge is -2.35. The molecule has 0 atom stereocenters. The van der Waals surface area contributed by atoms with E-state index in [4.69, 9.17) is 14.8 Å². The van der Waals surface area contributed by atoms with Crippen molar-refractivity contribution in [3.63, 3.8) is 0 Å². The summed E-state index contributed by atoms with van der Waals surface area (Å²) in [6, 6.07) is 14.7. The standard InChI is InChI=1S/C26H32N4O2S/c1-6-27-24(18-10-13-21(32-5)14-11-18)29-16-8-9-19-17-20(12-15-22(19)29)23-26(3,4)33-25(31)30(7-2)28-23/h10-15,17H,6-9,16H2,1-5H3/b27-24-. The fraction of sp³-hybridized carbons (Fsp3) is 0.423. The maximum absolute atomic E-state index is 12.4. The summed E-state index contributed by atoms with van der Waals surface area (Å²) in [5, 5.41) is 6.30. The zero-order valence-electron chi connectivity index (χ0n) is 20.1. The van der Waals surface area contributed by atoms with Crippen molar-refractivity contribution >= 4 is 34.2 Å². The van der Waals surface area contributed by atoms with E-state index in [9.17, 15) is 4.79 Å². The normalized spacial score (nSPS) is 18.2. The first kappa shape index (κ1) is 23.4. The van der Waals surface area contributed by atoms with Gasteiger partial charge in [0, 0.05) is 30.9 Å². The molecular formula is C26H32N4O2S. The van der Waals surface area contributed by atoms with Gasteiger partial charge in [0.1, 0.15) is 11.6 Å². The highest BCUT2D eigenvalue weighted by atomic mass is 32.2. The van der Waals surface area contributed by atoms with Crippen LogP contribution in [0.2, 0.25) is 0 Å². The Hall–Kier alpha value is -2.80. The van der Waals surface area contributed by atoms with E-state index >= 15 is 0 Å². The molecule has 7 heteroatoms. The average Bonchev–Trinajstić information content (AvgIpc) is 2.81. The van der Waals surface area contributed by atoms with Crippen LogP contribution in [0.3, 0.4) is 0 Å². The number of hydrazone groups is 1. The fourth-order valence-electron chi connectivity index (χ4n) is 4.39. The highest BCUT2D eigenvalue weighted by Crippen LogP contribution is 2.37. The second-order valence-corrected chi connectivity index (χ2v) is 10.2. The third-order valence-electron chi connectivity index (χ3n) is 6.03. The number of benzene rings is 2. The SMILES string of the molecule is CC/N=C(/c1ccc(OC)cc1)N1CCCc2cc(C3=NN(CC)C(=O)SC3(C)C)ccc21. The van der Waals surface area contributed by atoms with E-state index < -0.39 is 0 Å². The monoisotopic (exact) mass is 464 g/mol.